The summed E-state index contributed by atoms with van der Waals surface area (Å²) in [6.07, 6.45) is 2.66. The Morgan fingerprint density at radius 3 is 2.72 bits per heavy atom. The molecule has 3 nitrogen and oxygen atoms in total. The molecule has 0 atom stereocenters. The minimum atomic E-state index is -0.499. The van der Waals surface area contributed by atoms with Crippen LogP contribution in [0.1, 0.15) is 24.8 Å². The van der Waals surface area contributed by atoms with Crippen LogP contribution in [0.5, 0.6) is 0 Å². The lowest BCUT2D eigenvalue weighted by Gasteiger charge is -2.41. The molecule has 0 saturated heterocycles. The molecule has 1 N–H and O–H groups in total. The molecule has 1 aromatic carbocycles. The summed E-state index contributed by atoms with van der Waals surface area (Å²) < 4.78 is 1.02. The summed E-state index contributed by atoms with van der Waals surface area (Å²) in [6.45, 7) is 0.550. The van der Waals surface area contributed by atoms with E-state index in [2.05, 4.69) is 15.9 Å². The zero-order valence-electron chi connectivity index (χ0n) is 10.5. The third kappa shape index (κ3) is 2.59. The molecular weight excluding hydrogens is 294 g/mol. The van der Waals surface area contributed by atoms with E-state index in [4.69, 9.17) is 0 Å². The first kappa shape index (κ1) is 13.6. The fourth-order valence-electron chi connectivity index (χ4n) is 2.43. The number of hydrogen-bond donors (Lipinski definition) is 1. The molecule has 0 radical (unpaired) electrons. The Labute approximate surface area is 116 Å². The van der Waals surface area contributed by atoms with Gasteiger partial charge in [0.15, 0.2) is 0 Å². The van der Waals surface area contributed by atoms with Gasteiger partial charge in [-0.1, -0.05) is 34.5 Å². The Balaban J connectivity index is 2.03. The van der Waals surface area contributed by atoms with Crippen molar-refractivity contribution in [2.24, 2.45) is 5.41 Å². The van der Waals surface area contributed by atoms with E-state index in [1.54, 1.807) is 11.9 Å². The van der Waals surface area contributed by atoms with E-state index in [-0.39, 0.29) is 12.5 Å². The predicted molar refractivity (Wildman–Crippen MR) is 74.0 cm³/mol. The molecule has 2 rings (SSSR count). The minimum absolute atomic E-state index is 0.0331. The van der Waals surface area contributed by atoms with Crippen molar-refractivity contribution in [1.82, 2.24) is 4.90 Å². The van der Waals surface area contributed by atoms with Gasteiger partial charge in [0.2, 0.25) is 5.91 Å². The third-order valence-corrected chi connectivity index (χ3v) is 4.22. The molecule has 98 valence electrons. The Morgan fingerprint density at radius 1 is 1.50 bits per heavy atom. The maximum absolute atomic E-state index is 12.3. The number of carbonyl (C=O) groups excluding carboxylic acids is 1. The van der Waals surface area contributed by atoms with Crippen molar-refractivity contribution in [2.45, 2.75) is 25.8 Å². The van der Waals surface area contributed by atoms with Crippen LogP contribution < -0.4 is 0 Å². The Hall–Kier alpha value is -0.870. The number of aliphatic hydroxyl groups is 1. The summed E-state index contributed by atoms with van der Waals surface area (Å²) in [5.41, 5.74) is 0.591. The van der Waals surface area contributed by atoms with Crippen LogP contribution in [0.25, 0.3) is 0 Å². The minimum Gasteiger partial charge on any atom is -0.395 e. The van der Waals surface area contributed by atoms with Crippen molar-refractivity contribution in [3.63, 3.8) is 0 Å². The zero-order chi connectivity index (χ0) is 13.2. The lowest BCUT2D eigenvalue weighted by atomic mass is 9.68. The first-order valence-corrected chi connectivity index (χ1v) is 6.97. The topological polar surface area (TPSA) is 40.5 Å². The van der Waals surface area contributed by atoms with Gasteiger partial charge in [-0.05, 0) is 30.5 Å². The van der Waals surface area contributed by atoms with Gasteiger partial charge in [0.05, 0.1) is 12.0 Å². The van der Waals surface area contributed by atoms with E-state index in [1.165, 1.54) is 0 Å². The van der Waals surface area contributed by atoms with Crippen molar-refractivity contribution in [3.8, 4) is 0 Å². The van der Waals surface area contributed by atoms with E-state index >= 15 is 0 Å². The fourth-order valence-corrected chi connectivity index (χ4v) is 2.88. The van der Waals surface area contributed by atoms with Crippen LogP contribution in [0, 0.1) is 5.41 Å². The van der Waals surface area contributed by atoms with Crippen LogP contribution in [0.4, 0.5) is 0 Å². The molecule has 1 aliphatic carbocycles. The highest BCUT2D eigenvalue weighted by Crippen LogP contribution is 2.42. The third-order valence-electron chi connectivity index (χ3n) is 3.72. The van der Waals surface area contributed by atoms with Crippen LogP contribution >= 0.6 is 15.9 Å². The smallest absolute Gasteiger partial charge is 0.231 e. The van der Waals surface area contributed by atoms with Crippen LogP contribution in [-0.2, 0) is 11.3 Å². The number of aliphatic hydroxyl groups excluding tert-OH is 1. The van der Waals surface area contributed by atoms with Gasteiger partial charge in [-0.3, -0.25) is 4.79 Å². The number of benzene rings is 1. The molecule has 0 unspecified atom stereocenters. The number of nitrogens with zero attached hydrogens (tertiary/aromatic N) is 1. The standard InChI is InChI=1S/C14H18BrNO2/c1-16(9-11-4-2-5-12(15)8-11)13(18)14(10-17)6-3-7-14/h2,4-5,8,17H,3,6-7,9-10H2,1H3. The molecule has 1 aliphatic rings. The maximum Gasteiger partial charge on any atom is 0.231 e. The summed E-state index contributed by atoms with van der Waals surface area (Å²) in [7, 11) is 1.80. The van der Waals surface area contributed by atoms with Crippen molar-refractivity contribution < 1.29 is 9.90 Å². The zero-order valence-corrected chi connectivity index (χ0v) is 12.1. The van der Waals surface area contributed by atoms with E-state index in [0.717, 1.165) is 29.3 Å². The quantitative estimate of drug-likeness (QED) is 0.928. The lowest BCUT2D eigenvalue weighted by Crippen LogP contribution is -2.48. The summed E-state index contributed by atoms with van der Waals surface area (Å²) in [5.74, 6) is 0.0659. The number of carbonyl (C=O) groups is 1. The molecule has 4 heteroatoms. The summed E-state index contributed by atoms with van der Waals surface area (Å²) >= 11 is 3.42. The molecule has 18 heavy (non-hydrogen) atoms. The first-order chi connectivity index (χ1) is 8.57. The molecule has 0 spiro atoms. The van der Waals surface area contributed by atoms with Crippen molar-refractivity contribution in [1.29, 1.82) is 0 Å². The van der Waals surface area contributed by atoms with Gasteiger partial charge in [-0.15, -0.1) is 0 Å². The number of rotatable bonds is 4. The van der Waals surface area contributed by atoms with Gasteiger partial charge < -0.3 is 10.0 Å². The monoisotopic (exact) mass is 311 g/mol. The highest BCUT2D eigenvalue weighted by Gasteiger charge is 2.44. The number of amides is 1. The molecule has 0 heterocycles. The molecule has 0 aliphatic heterocycles. The van der Waals surface area contributed by atoms with Gasteiger partial charge >= 0.3 is 0 Å². The van der Waals surface area contributed by atoms with Crippen LogP contribution in [0.15, 0.2) is 28.7 Å². The van der Waals surface area contributed by atoms with Gasteiger partial charge in [0, 0.05) is 18.1 Å². The number of halogens is 1. The Kier molecular flexibility index (Phi) is 4.07. The van der Waals surface area contributed by atoms with E-state index in [1.807, 2.05) is 24.3 Å². The largest absolute Gasteiger partial charge is 0.395 e. The molecule has 0 aromatic heterocycles. The average Bonchev–Trinajstić information content (AvgIpc) is 2.28. The normalized spacial score (nSPS) is 17.1. The highest BCUT2D eigenvalue weighted by atomic mass is 79.9. The maximum atomic E-state index is 12.3. The number of hydrogen-bond acceptors (Lipinski definition) is 2. The average molecular weight is 312 g/mol. The molecule has 0 bridgehead atoms. The van der Waals surface area contributed by atoms with Crippen LogP contribution in [0.2, 0.25) is 0 Å². The van der Waals surface area contributed by atoms with Crippen molar-refractivity contribution >= 4 is 21.8 Å². The van der Waals surface area contributed by atoms with E-state index in [9.17, 15) is 9.90 Å². The van der Waals surface area contributed by atoms with E-state index < -0.39 is 5.41 Å². The van der Waals surface area contributed by atoms with Gasteiger partial charge in [-0.25, -0.2) is 0 Å². The SMILES string of the molecule is CN(Cc1cccc(Br)c1)C(=O)C1(CO)CCC1. The van der Waals surface area contributed by atoms with Crippen LogP contribution in [0.3, 0.4) is 0 Å². The Morgan fingerprint density at radius 2 is 2.22 bits per heavy atom. The van der Waals surface area contributed by atoms with Crippen molar-refractivity contribution in [2.75, 3.05) is 13.7 Å². The molecule has 1 amide bonds. The second-order valence-corrected chi connectivity index (χ2v) is 6.00. The molecule has 1 fully saturated rings. The van der Waals surface area contributed by atoms with Crippen molar-refractivity contribution in [3.05, 3.63) is 34.3 Å². The summed E-state index contributed by atoms with van der Waals surface area (Å²) in [5, 5.41) is 9.41. The fraction of sp³-hybridized carbons (Fsp3) is 0.500. The van der Waals surface area contributed by atoms with Gasteiger partial charge in [0.1, 0.15) is 0 Å². The summed E-state index contributed by atoms with van der Waals surface area (Å²) in [4.78, 5) is 14.0. The Bertz CT molecular complexity index is 438. The molecular formula is C14H18BrNO2. The predicted octanol–water partition coefficient (Wildman–Crippen LogP) is 2.57. The first-order valence-electron chi connectivity index (χ1n) is 6.18. The second kappa shape index (κ2) is 5.41. The molecule has 1 aromatic rings. The van der Waals surface area contributed by atoms with Gasteiger partial charge in [-0.2, -0.15) is 0 Å². The molecule has 1 saturated carbocycles. The second-order valence-electron chi connectivity index (χ2n) is 5.08. The summed E-state index contributed by atoms with van der Waals surface area (Å²) in [6, 6.07) is 7.94. The van der Waals surface area contributed by atoms with E-state index in [0.29, 0.717) is 6.54 Å². The van der Waals surface area contributed by atoms with Gasteiger partial charge in [0.25, 0.3) is 0 Å². The highest BCUT2D eigenvalue weighted by molar-refractivity contribution is 9.10. The lowest BCUT2D eigenvalue weighted by molar-refractivity contribution is -0.150. The van der Waals surface area contributed by atoms with Crippen LogP contribution in [-0.4, -0.2) is 29.6 Å².